The maximum absolute atomic E-state index is 9.44. The Morgan fingerprint density at radius 2 is 2.00 bits per heavy atom. The van der Waals surface area contributed by atoms with E-state index in [1.54, 1.807) is 7.11 Å². The molecule has 0 spiro atoms. The van der Waals surface area contributed by atoms with Gasteiger partial charge in [0, 0.05) is 42.9 Å². The van der Waals surface area contributed by atoms with Crippen molar-refractivity contribution in [2.24, 2.45) is 5.92 Å². The molecular weight excluding hydrogens is 352 g/mol. The second kappa shape index (κ2) is 8.02. The predicted octanol–water partition coefficient (Wildman–Crippen LogP) is 3.38. The Kier molecular flexibility index (Phi) is 5.30. The van der Waals surface area contributed by atoms with E-state index in [1.807, 2.05) is 25.1 Å². The maximum atomic E-state index is 9.44. The number of hydrogen-bond donors (Lipinski definition) is 2. The van der Waals surface area contributed by atoms with Crippen LogP contribution in [0.2, 0.25) is 0 Å². The average Bonchev–Trinajstić information content (AvgIpc) is 3.21. The molecule has 6 nitrogen and oxygen atoms in total. The fraction of sp³-hybridized carbons (Fsp3) is 0.364. The van der Waals surface area contributed by atoms with E-state index in [2.05, 4.69) is 44.7 Å². The number of aromatic nitrogens is 2. The average molecular weight is 378 g/mol. The lowest BCUT2D eigenvalue weighted by Crippen LogP contribution is -2.22. The SMILES string of the molecule is COc1ccc(CNc2nnc(N3CCC(CO)C3)c3ccccc23)cc1C. The van der Waals surface area contributed by atoms with Gasteiger partial charge in [0.1, 0.15) is 5.75 Å². The largest absolute Gasteiger partial charge is 0.496 e. The highest BCUT2D eigenvalue weighted by molar-refractivity contribution is 5.98. The Bertz CT molecular complexity index is 976. The number of ether oxygens (including phenoxy) is 1. The molecule has 3 aromatic rings. The van der Waals surface area contributed by atoms with Crippen LogP contribution in [0.4, 0.5) is 11.6 Å². The van der Waals surface area contributed by atoms with E-state index in [4.69, 9.17) is 4.74 Å². The minimum absolute atomic E-state index is 0.225. The van der Waals surface area contributed by atoms with Crippen molar-refractivity contribution in [3.05, 3.63) is 53.6 Å². The van der Waals surface area contributed by atoms with E-state index in [0.717, 1.165) is 53.2 Å². The maximum Gasteiger partial charge on any atom is 0.159 e. The number of nitrogens with zero attached hydrogens (tertiary/aromatic N) is 3. The zero-order valence-corrected chi connectivity index (χ0v) is 16.4. The fourth-order valence-electron chi connectivity index (χ4n) is 3.86. The van der Waals surface area contributed by atoms with Gasteiger partial charge in [-0.1, -0.05) is 36.4 Å². The van der Waals surface area contributed by atoms with E-state index in [0.29, 0.717) is 12.5 Å². The van der Waals surface area contributed by atoms with Gasteiger partial charge in [0.05, 0.1) is 7.11 Å². The number of fused-ring (bicyclic) bond motifs is 1. The highest BCUT2D eigenvalue weighted by Gasteiger charge is 2.25. The zero-order chi connectivity index (χ0) is 19.5. The van der Waals surface area contributed by atoms with Gasteiger partial charge in [-0.25, -0.2) is 0 Å². The molecule has 2 aromatic carbocycles. The first-order valence-electron chi connectivity index (χ1n) is 9.68. The van der Waals surface area contributed by atoms with Crippen molar-refractivity contribution >= 4 is 22.4 Å². The number of rotatable bonds is 6. The van der Waals surface area contributed by atoms with Gasteiger partial charge >= 0.3 is 0 Å². The van der Waals surface area contributed by atoms with Crippen LogP contribution in [-0.2, 0) is 6.54 Å². The summed E-state index contributed by atoms with van der Waals surface area (Å²) in [4.78, 5) is 2.23. The molecule has 0 radical (unpaired) electrons. The normalized spacial score (nSPS) is 16.5. The van der Waals surface area contributed by atoms with E-state index in [-0.39, 0.29) is 6.61 Å². The lowest BCUT2D eigenvalue weighted by Gasteiger charge is -2.19. The van der Waals surface area contributed by atoms with E-state index < -0.39 is 0 Å². The van der Waals surface area contributed by atoms with Crippen LogP contribution in [0.25, 0.3) is 10.8 Å². The van der Waals surface area contributed by atoms with Gasteiger partial charge in [-0.3, -0.25) is 0 Å². The molecule has 2 heterocycles. The summed E-state index contributed by atoms with van der Waals surface area (Å²) in [6, 6.07) is 14.4. The number of benzene rings is 2. The molecule has 1 saturated heterocycles. The molecule has 1 aliphatic rings. The Morgan fingerprint density at radius 1 is 1.18 bits per heavy atom. The minimum atomic E-state index is 0.225. The van der Waals surface area contributed by atoms with Crippen LogP contribution in [0.3, 0.4) is 0 Å². The van der Waals surface area contributed by atoms with E-state index in [9.17, 15) is 5.11 Å². The lowest BCUT2D eigenvalue weighted by atomic mass is 10.1. The summed E-state index contributed by atoms with van der Waals surface area (Å²) in [5.41, 5.74) is 2.28. The molecule has 1 aromatic heterocycles. The van der Waals surface area contributed by atoms with Crippen LogP contribution in [0, 0.1) is 12.8 Å². The molecule has 2 N–H and O–H groups in total. The van der Waals surface area contributed by atoms with Crippen molar-refractivity contribution in [1.82, 2.24) is 10.2 Å². The molecule has 1 atom stereocenters. The molecule has 6 heteroatoms. The van der Waals surface area contributed by atoms with E-state index >= 15 is 0 Å². The van der Waals surface area contributed by atoms with Gasteiger partial charge in [0.25, 0.3) is 0 Å². The van der Waals surface area contributed by atoms with Crippen molar-refractivity contribution in [2.75, 3.05) is 37.0 Å². The third kappa shape index (κ3) is 3.60. The molecule has 1 aliphatic heterocycles. The molecular formula is C22H26N4O2. The summed E-state index contributed by atoms with van der Waals surface area (Å²) < 4.78 is 5.33. The summed E-state index contributed by atoms with van der Waals surface area (Å²) in [5, 5.41) is 24.0. The number of anilines is 2. The molecule has 28 heavy (non-hydrogen) atoms. The van der Waals surface area contributed by atoms with Crippen molar-refractivity contribution < 1.29 is 9.84 Å². The van der Waals surface area contributed by atoms with Crippen LogP contribution >= 0.6 is 0 Å². The Balaban J connectivity index is 1.59. The Hall–Kier alpha value is -2.86. The highest BCUT2D eigenvalue weighted by Crippen LogP contribution is 2.31. The topological polar surface area (TPSA) is 70.5 Å². The van der Waals surface area contributed by atoms with Crippen molar-refractivity contribution in [3.63, 3.8) is 0 Å². The predicted molar refractivity (Wildman–Crippen MR) is 112 cm³/mol. The number of hydrogen-bond acceptors (Lipinski definition) is 6. The molecule has 1 fully saturated rings. The summed E-state index contributed by atoms with van der Waals surface area (Å²) in [7, 11) is 1.69. The van der Waals surface area contributed by atoms with Crippen molar-refractivity contribution in [3.8, 4) is 5.75 Å². The summed E-state index contributed by atoms with van der Waals surface area (Å²) in [6.45, 7) is 4.67. The molecule has 0 saturated carbocycles. The van der Waals surface area contributed by atoms with Gasteiger partial charge < -0.3 is 20.1 Å². The third-order valence-electron chi connectivity index (χ3n) is 5.43. The Morgan fingerprint density at radius 3 is 2.71 bits per heavy atom. The van der Waals surface area contributed by atoms with Gasteiger partial charge in [-0.05, 0) is 30.5 Å². The van der Waals surface area contributed by atoms with Crippen LogP contribution < -0.4 is 15.0 Å². The molecule has 146 valence electrons. The first-order chi connectivity index (χ1) is 13.7. The monoisotopic (exact) mass is 378 g/mol. The molecule has 4 rings (SSSR count). The van der Waals surface area contributed by atoms with Crippen LogP contribution in [0.5, 0.6) is 5.75 Å². The summed E-state index contributed by atoms with van der Waals surface area (Å²) >= 11 is 0. The lowest BCUT2D eigenvalue weighted by molar-refractivity contribution is 0.238. The fourth-order valence-corrected chi connectivity index (χ4v) is 3.86. The van der Waals surface area contributed by atoms with Crippen molar-refractivity contribution in [2.45, 2.75) is 19.9 Å². The third-order valence-corrected chi connectivity index (χ3v) is 5.43. The van der Waals surface area contributed by atoms with Crippen molar-refractivity contribution in [1.29, 1.82) is 0 Å². The zero-order valence-electron chi connectivity index (χ0n) is 16.4. The smallest absolute Gasteiger partial charge is 0.159 e. The van der Waals surface area contributed by atoms with Gasteiger partial charge in [0.2, 0.25) is 0 Å². The molecule has 0 aliphatic carbocycles. The van der Waals surface area contributed by atoms with Crippen LogP contribution in [0.15, 0.2) is 42.5 Å². The minimum Gasteiger partial charge on any atom is -0.496 e. The second-order valence-corrected chi connectivity index (χ2v) is 7.36. The first-order valence-corrected chi connectivity index (χ1v) is 9.68. The first kappa shape index (κ1) is 18.5. The number of aliphatic hydroxyl groups excluding tert-OH is 1. The number of aliphatic hydroxyl groups is 1. The molecule has 0 amide bonds. The highest BCUT2D eigenvalue weighted by atomic mass is 16.5. The summed E-state index contributed by atoms with van der Waals surface area (Å²) in [6.07, 6.45) is 0.989. The molecule has 0 bridgehead atoms. The molecule has 1 unspecified atom stereocenters. The standard InChI is InChI=1S/C22H26N4O2/c1-15-11-16(7-8-20(15)28-2)12-23-21-18-5-3-4-6-19(18)22(25-24-21)26-10-9-17(13-26)14-27/h3-8,11,17,27H,9-10,12-14H2,1-2H3,(H,23,24). The van der Waals surface area contributed by atoms with Gasteiger partial charge in [0.15, 0.2) is 11.6 Å². The van der Waals surface area contributed by atoms with E-state index in [1.165, 1.54) is 5.56 Å². The number of methoxy groups -OCH3 is 1. The van der Waals surface area contributed by atoms with Crippen LogP contribution in [-0.4, -0.2) is 42.1 Å². The summed E-state index contributed by atoms with van der Waals surface area (Å²) in [5.74, 6) is 2.89. The second-order valence-electron chi connectivity index (χ2n) is 7.36. The quantitative estimate of drug-likeness (QED) is 0.685. The van der Waals surface area contributed by atoms with Gasteiger partial charge in [-0.2, -0.15) is 0 Å². The van der Waals surface area contributed by atoms with Gasteiger partial charge in [-0.15, -0.1) is 10.2 Å². The Labute approximate surface area is 165 Å². The van der Waals surface area contributed by atoms with Crippen LogP contribution in [0.1, 0.15) is 17.5 Å². The number of aryl methyl sites for hydroxylation is 1. The number of nitrogens with one attached hydrogen (secondary N) is 1.